The zero-order chi connectivity index (χ0) is 10.0. The predicted molar refractivity (Wildman–Crippen MR) is 59.2 cm³/mol. The van der Waals surface area contributed by atoms with E-state index in [9.17, 15) is 5.11 Å². The standard InChI is InChI=1S/C11H15BrO/c1-4-7(2)9-6-10(12)8(3)5-11(9)13/h5-7,13H,4H2,1-3H3. The maximum Gasteiger partial charge on any atom is 0.119 e. The molecule has 1 aromatic carbocycles. The molecule has 1 unspecified atom stereocenters. The highest BCUT2D eigenvalue weighted by Gasteiger charge is 2.10. The van der Waals surface area contributed by atoms with E-state index in [0.717, 1.165) is 22.0 Å². The summed E-state index contributed by atoms with van der Waals surface area (Å²) in [7, 11) is 0. The first-order chi connectivity index (χ1) is 6.06. The van der Waals surface area contributed by atoms with Crippen molar-refractivity contribution in [2.75, 3.05) is 0 Å². The highest BCUT2D eigenvalue weighted by atomic mass is 79.9. The third-order valence-corrected chi connectivity index (χ3v) is 3.31. The lowest BCUT2D eigenvalue weighted by atomic mass is 9.97. The lowest BCUT2D eigenvalue weighted by Crippen LogP contribution is -1.93. The van der Waals surface area contributed by atoms with Crippen molar-refractivity contribution in [1.29, 1.82) is 0 Å². The Balaban J connectivity index is 3.15. The molecule has 1 rings (SSSR count). The average Bonchev–Trinajstić information content (AvgIpc) is 2.10. The Morgan fingerprint density at radius 3 is 2.62 bits per heavy atom. The van der Waals surface area contributed by atoms with Crippen LogP contribution in [0.15, 0.2) is 16.6 Å². The zero-order valence-corrected chi connectivity index (χ0v) is 9.85. The molecule has 1 atom stereocenters. The summed E-state index contributed by atoms with van der Waals surface area (Å²) in [6.07, 6.45) is 1.04. The van der Waals surface area contributed by atoms with Crippen molar-refractivity contribution in [3.05, 3.63) is 27.7 Å². The monoisotopic (exact) mass is 242 g/mol. The second-order valence-electron chi connectivity index (χ2n) is 3.47. The van der Waals surface area contributed by atoms with Gasteiger partial charge in [0, 0.05) is 4.47 Å². The molecule has 1 N–H and O–H groups in total. The van der Waals surface area contributed by atoms with Crippen LogP contribution in [0, 0.1) is 6.92 Å². The van der Waals surface area contributed by atoms with Crippen LogP contribution < -0.4 is 0 Å². The van der Waals surface area contributed by atoms with E-state index in [1.165, 1.54) is 0 Å². The molecule has 0 aliphatic heterocycles. The van der Waals surface area contributed by atoms with Crippen LogP contribution in [0.3, 0.4) is 0 Å². The van der Waals surface area contributed by atoms with Gasteiger partial charge in [0.05, 0.1) is 0 Å². The Hall–Kier alpha value is -0.500. The van der Waals surface area contributed by atoms with Crippen molar-refractivity contribution in [1.82, 2.24) is 0 Å². The van der Waals surface area contributed by atoms with E-state index < -0.39 is 0 Å². The van der Waals surface area contributed by atoms with Crippen molar-refractivity contribution < 1.29 is 5.11 Å². The van der Waals surface area contributed by atoms with Gasteiger partial charge in [-0.05, 0) is 42.5 Å². The molecule has 0 fully saturated rings. The van der Waals surface area contributed by atoms with Crippen LogP contribution >= 0.6 is 15.9 Å². The van der Waals surface area contributed by atoms with E-state index in [0.29, 0.717) is 11.7 Å². The summed E-state index contributed by atoms with van der Waals surface area (Å²) in [6, 6.07) is 3.82. The van der Waals surface area contributed by atoms with Gasteiger partial charge < -0.3 is 5.11 Å². The highest BCUT2D eigenvalue weighted by molar-refractivity contribution is 9.10. The van der Waals surface area contributed by atoms with E-state index in [2.05, 4.69) is 29.8 Å². The molecule has 0 aliphatic carbocycles. The quantitative estimate of drug-likeness (QED) is 0.832. The minimum Gasteiger partial charge on any atom is -0.508 e. The maximum atomic E-state index is 9.70. The summed E-state index contributed by atoms with van der Waals surface area (Å²) < 4.78 is 1.07. The lowest BCUT2D eigenvalue weighted by molar-refractivity contribution is 0.461. The van der Waals surface area contributed by atoms with Gasteiger partial charge in [0.25, 0.3) is 0 Å². The summed E-state index contributed by atoms with van der Waals surface area (Å²) in [5.74, 6) is 0.826. The topological polar surface area (TPSA) is 20.2 Å². The number of aryl methyl sites for hydroxylation is 1. The molecule has 1 aromatic rings. The Labute approximate surface area is 87.9 Å². The predicted octanol–water partition coefficient (Wildman–Crippen LogP) is 3.98. The number of aromatic hydroxyl groups is 1. The van der Waals surface area contributed by atoms with Gasteiger partial charge in [0.15, 0.2) is 0 Å². The number of benzene rings is 1. The first kappa shape index (κ1) is 10.6. The van der Waals surface area contributed by atoms with Crippen molar-refractivity contribution in [3.8, 4) is 5.75 Å². The molecule has 72 valence electrons. The van der Waals surface area contributed by atoms with Gasteiger partial charge >= 0.3 is 0 Å². The Morgan fingerprint density at radius 2 is 2.08 bits per heavy atom. The summed E-state index contributed by atoms with van der Waals surface area (Å²) >= 11 is 3.47. The van der Waals surface area contributed by atoms with Crippen LogP contribution in [0.1, 0.15) is 37.3 Å². The molecular weight excluding hydrogens is 228 g/mol. The second kappa shape index (κ2) is 4.14. The molecule has 0 heterocycles. The highest BCUT2D eigenvalue weighted by Crippen LogP contribution is 2.32. The first-order valence-electron chi connectivity index (χ1n) is 4.55. The second-order valence-corrected chi connectivity index (χ2v) is 4.32. The lowest BCUT2D eigenvalue weighted by Gasteiger charge is -2.12. The molecular formula is C11H15BrO. The third kappa shape index (κ3) is 2.25. The van der Waals surface area contributed by atoms with Gasteiger partial charge in [-0.15, -0.1) is 0 Å². The number of rotatable bonds is 2. The van der Waals surface area contributed by atoms with Gasteiger partial charge in [-0.3, -0.25) is 0 Å². The van der Waals surface area contributed by atoms with E-state index >= 15 is 0 Å². The van der Waals surface area contributed by atoms with Crippen molar-refractivity contribution >= 4 is 15.9 Å². The summed E-state index contributed by atoms with van der Waals surface area (Å²) in [5.41, 5.74) is 2.10. The van der Waals surface area contributed by atoms with Crippen LogP contribution in [0.5, 0.6) is 5.75 Å². The fourth-order valence-electron chi connectivity index (χ4n) is 1.30. The number of halogens is 1. The van der Waals surface area contributed by atoms with E-state index in [-0.39, 0.29) is 0 Å². The van der Waals surface area contributed by atoms with Crippen molar-refractivity contribution in [3.63, 3.8) is 0 Å². The molecule has 0 aromatic heterocycles. The molecule has 0 saturated carbocycles. The van der Waals surface area contributed by atoms with Crippen LogP contribution in [0.25, 0.3) is 0 Å². The molecule has 0 saturated heterocycles. The fraction of sp³-hybridized carbons (Fsp3) is 0.455. The van der Waals surface area contributed by atoms with Crippen molar-refractivity contribution in [2.45, 2.75) is 33.1 Å². The van der Waals surface area contributed by atoms with E-state index in [4.69, 9.17) is 0 Å². The number of phenolic OH excluding ortho intramolecular Hbond substituents is 1. The van der Waals surface area contributed by atoms with Gasteiger partial charge in [-0.2, -0.15) is 0 Å². The Kier molecular flexibility index (Phi) is 3.37. The van der Waals surface area contributed by atoms with E-state index in [1.807, 2.05) is 19.1 Å². The third-order valence-electron chi connectivity index (χ3n) is 2.45. The number of hydrogen-bond acceptors (Lipinski definition) is 1. The largest absolute Gasteiger partial charge is 0.508 e. The SMILES string of the molecule is CCC(C)c1cc(Br)c(C)cc1O. The molecule has 13 heavy (non-hydrogen) atoms. The average molecular weight is 243 g/mol. The van der Waals surface area contributed by atoms with Crippen molar-refractivity contribution in [2.24, 2.45) is 0 Å². The zero-order valence-electron chi connectivity index (χ0n) is 8.26. The Morgan fingerprint density at radius 1 is 1.46 bits per heavy atom. The minimum atomic E-state index is 0.412. The summed E-state index contributed by atoms with van der Waals surface area (Å²) in [5, 5.41) is 9.70. The smallest absolute Gasteiger partial charge is 0.119 e. The Bertz CT molecular complexity index is 307. The fourth-order valence-corrected chi connectivity index (χ4v) is 1.66. The summed E-state index contributed by atoms with van der Waals surface area (Å²) in [4.78, 5) is 0. The molecule has 1 nitrogen and oxygen atoms in total. The maximum absolute atomic E-state index is 9.70. The minimum absolute atomic E-state index is 0.412. The van der Waals surface area contributed by atoms with Gasteiger partial charge in [0.1, 0.15) is 5.75 Å². The normalized spacial score (nSPS) is 12.9. The van der Waals surface area contributed by atoms with Crippen LogP contribution in [0.4, 0.5) is 0 Å². The number of phenols is 1. The van der Waals surface area contributed by atoms with Crippen LogP contribution in [-0.2, 0) is 0 Å². The van der Waals surface area contributed by atoms with Gasteiger partial charge in [-0.25, -0.2) is 0 Å². The van der Waals surface area contributed by atoms with Gasteiger partial charge in [0.2, 0.25) is 0 Å². The molecule has 0 spiro atoms. The molecule has 0 amide bonds. The molecule has 2 heteroatoms. The number of hydrogen-bond donors (Lipinski definition) is 1. The summed E-state index contributed by atoms with van der Waals surface area (Å²) in [6.45, 7) is 6.22. The van der Waals surface area contributed by atoms with Gasteiger partial charge in [-0.1, -0.05) is 29.8 Å². The molecule has 0 bridgehead atoms. The first-order valence-corrected chi connectivity index (χ1v) is 5.34. The van der Waals surface area contributed by atoms with Crippen LogP contribution in [0.2, 0.25) is 0 Å². The molecule has 0 radical (unpaired) electrons. The molecule has 0 aliphatic rings. The van der Waals surface area contributed by atoms with E-state index in [1.54, 1.807) is 0 Å². The van der Waals surface area contributed by atoms with Crippen LogP contribution in [-0.4, -0.2) is 5.11 Å².